The molecule has 0 aliphatic carbocycles. The highest BCUT2D eigenvalue weighted by molar-refractivity contribution is 7.89. The van der Waals surface area contributed by atoms with Crippen molar-refractivity contribution in [1.82, 2.24) is 4.31 Å². The summed E-state index contributed by atoms with van der Waals surface area (Å²) in [7, 11) is -0.798. The molecule has 3 aromatic rings. The van der Waals surface area contributed by atoms with E-state index in [1.54, 1.807) is 67.8 Å². The van der Waals surface area contributed by atoms with Crippen LogP contribution in [0.1, 0.15) is 23.6 Å². The summed E-state index contributed by atoms with van der Waals surface area (Å²) in [5.74, 6) is 0.311. The van der Waals surface area contributed by atoms with E-state index in [1.165, 1.54) is 23.5 Å². The van der Waals surface area contributed by atoms with Gasteiger partial charge in [-0.25, -0.2) is 8.42 Å². The topological polar surface area (TPSA) is 75.7 Å². The second kappa shape index (κ2) is 10.2. The number of halogens is 1. The molecule has 1 N–H and O–H groups in total. The molecule has 8 heteroatoms. The van der Waals surface area contributed by atoms with E-state index in [4.69, 9.17) is 16.3 Å². The van der Waals surface area contributed by atoms with Crippen LogP contribution in [0.2, 0.25) is 5.02 Å². The second-order valence-electron chi connectivity index (χ2n) is 7.29. The largest absolute Gasteiger partial charge is 0.497 e. The lowest BCUT2D eigenvalue weighted by Gasteiger charge is -2.28. The van der Waals surface area contributed by atoms with Gasteiger partial charge in [0.15, 0.2) is 0 Å². The highest BCUT2D eigenvalue weighted by Gasteiger charge is 2.31. The molecule has 0 unspecified atom stereocenters. The summed E-state index contributed by atoms with van der Waals surface area (Å²) in [6, 6.07) is 19.7. The van der Waals surface area contributed by atoms with Crippen LogP contribution >= 0.6 is 11.6 Å². The Labute approximate surface area is 193 Å². The van der Waals surface area contributed by atoms with Gasteiger partial charge in [0.05, 0.1) is 18.0 Å². The van der Waals surface area contributed by atoms with E-state index in [-0.39, 0.29) is 17.2 Å². The minimum atomic E-state index is -3.83. The summed E-state index contributed by atoms with van der Waals surface area (Å²) >= 11 is 6.15. The number of rotatable bonds is 8. The minimum Gasteiger partial charge on any atom is -0.497 e. The Bertz CT molecular complexity index is 1180. The van der Waals surface area contributed by atoms with E-state index >= 15 is 0 Å². The third kappa shape index (κ3) is 5.30. The molecule has 0 spiro atoms. The van der Waals surface area contributed by atoms with Gasteiger partial charge in [-0.15, -0.1) is 0 Å². The molecule has 0 heterocycles. The molecule has 3 aromatic carbocycles. The van der Waals surface area contributed by atoms with Crippen molar-refractivity contribution in [3.63, 3.8) is 0 Å². The van der Waals surface area contributed by atoms with Gasteiger partial charge < -0.3 is 10.1 Å². The third-order valence-electron chi connectivity index (χ3n) is 5.28. The summed E-state index contributed by atoms with van der Waals surface area (Å²) < 4.78 is 33.0. The molecule has 0 aliphatic heterocycles. The number of hydrogen-bond acceptors (Lipinski definition) is 4. The van der Waals surface area contributed by atoms with Crippen LogP contribution < -0.4 is 10.1 Å². The van der Waals surface area contributed by atoms with Gasteiger partial charge >= 0.3 is 0 Å². The zero-order valence-corrected chi connectivity index (χ0v) is 19.7. The number of nitrogens with zero attached hydrogens (tertiary/aromatic N) is 1. The van der Waals surface area contributed by atoms with E-state index in [0.29, 0.717) is 22.0 Å². The molecule has 0 aromatic heterocycles. The van der Waals surface area contributed by atoms with Gasteiger partial charge in [-0.2, -0.15) is 4.31 Å². The Morgan fingerprint density at radius 2 is 1.69 bits per heavy atom. The number of nitrogens with one attached hydrogen (secondary N) is 1. The molecule has 1 atom stereocenters. The van der Waals surface area contributed by atoms with E-state index in [2.05, 4.69) is 5.32 Å². The van der Waals surface area contributed by atoms with Gasteiger partial charge in [0.2, 0.25) is 15.9 Å². The van der Waals surface area contributed by atoms with Crippen molar-refractivity contribution >= 4 is 33.2 Å². The van der Waals surface area contributed by atoms with Crippen molar-refractivity contribution in [1.29, 1.82) is 0 Å². The van der Waals surface area contributed by atoms with Gasteiger partial charge in [-0.1, -0.05) is 48.0 Å². The van der Waals surface area contributed by atoms with Gasteiger partial charge in [0.1, 0.15) is 5.75 Å². The zero-order chi connectivity index (χ0) is 23.3. The van der Waals surface area contributed by atoms with Crippen molar-refractivity contribution in [3.05, 3.63) is 88.9 Å². The Hall–Kier alpha value is -2.87. The normalized spacial score (nSPS) is 12.4. The first kappa shape index (κ1) is 23.8. The Morgan fingerprint density at radius 1 is 1.03 bits per heavy atom. The molecule has 6 nitrogen and oxygen atoms in total. The van der Waals surface area contributed by atoms with Crippen LogP contribution in [0.4, 0.5) is 5.69 Å². The number of hydrogen-bond donors (Lipinski definition) is 1. The molecule has 0 aliphatic rings. The fraction of sp³-hybridized carbons (Fsp3) is 0.208. The Morgan fingerprint density at radius 3 is 2.31 bits per heavy atom. The number of carbonyl (C=O) groups is 1. The van der Waals surface area contributed by atoms with Crippen molar-refractivity contribution in [3.8, 4) is 5.75 Å². The summed E-state index contributed by atoms with van der Waals surface area (Å²) in [5.41, 5.74) is 2.00. The molecule has 0 bridgehead atoms. The molecule has 0 saturated heterocycles. The molecular weight excluding hydrogens is 448 g/mol. The van der Waals surface area contributed by atoms with Crippen molar-refractivity contribution in [2.75, 3.05) is 19.5 Å². The van der Waals surface area contributed by atoms with Crippen LogP contribution in [0.3, 0.4) is 0 Å². The molecule has 32 heavy (non-hydrogen) atoms. The van der Waals surface area contributed by atoms with Crippen LogP contribution in [0.25, 0.3) is 0 Å². The molecule has 3 rings (SSSR count). The maximum atomic E-state index is 13.3. The third-order valence-corrected chi connectivity index (χ3v) is 7.57. The standard InChI is InChI=1S/C24H25ClN2O4S/c1-17-21(25)10-7-11-22(17)26-24(28)16-23(18-12-14-19(31-3)15-13-18)27(2)32(29,30)20-8-5-4-6-9-20/h4-15,23H,16H2,1-3H3,(H,26,28)/t23-/m1/s1. The molecule has 0 saturated carbocycles. The number of amides is 1. The maximum absolute atomic E-state index is 13.3. The first-order chi connectivity index (χ1) is 15.2. The Balaban J connectivity index is 1.93. The number of benzene rings is 3. The lowest BCUT2D eigenvalue weighted by Crippen LogP contribution is -2.34. The van der Waals surface area contributed by atoms with Gasteiger partial charge in [-0.05, 0) is 54.4 Å². The number of methoxy groups -OCH3 is 1. The highest BCUT2D eigenvalue weighted by Crippen LogP contribution is 2.31. The number of anilines is 1. The average molecular weight is 473 g/mol. The van der Waals surface area contributed by atoms with E-state index in [1.807, 2.05) is 6.92 Å². The second-order valence-corrected chi connectivity index (χ2v) is 9.69. The van der Waals surface area contributed by atoms with Gasteiger partial charge in [0.25, 0.3) is 0 Å². The van der Waals surface area contributed by atoms with Crippen LogP contribution in [0, 0.1) is 6.92 Å². The van der Waals surface area contributed by atoms with E-state index < -0.39 is 16.1 Å². The first-order valence-corrected chi connectivity index (χ1v) is 11.8. The monoisotopic (exact) mass is 472 g/mol. The molecule has 168 valence electrons. The predicted octanol–water partition coefficient (Wildman–Crippen LogP) is 5.05. The van der Waals surface area contributed by atoms with Crippen LogP contribution in [0.5, 0.6) is 5.75 Å². The van der Waals surface area contributed by atoms with Crippen molar-refractivity contribution in [2.45, 2.75) is 24.3 Å². The number of sulfonamides is 1. The number of ether oxygens (including phenoxy) is 1. The summed E-state index contributed by atoms with van der Waals surface area (Å²) in [6.07, 6.45) is -0.0825. The van der Waals surface area contributed by atoms with Crippen LogP contribution in [0.15, 0.2) is 77.7 Å². The highest BCUT2D eigenvalue weighted by atomic mass is 35.5. The zero-order valence-electron chi connectivity index (χ0n) is 18.1. The molecule has 0 radical (unpaired) electrons. The Kier molecular flexibility index (Phi) is 7.56. The van der Waals surface area contributed by atoms with Gasteiger partial charge in [-0.3, -0.25) is 4.79 Å². The van der Waals surface area contributed by atoms with Crippen molar-refractivity contribution < 1.29 is 17.9 Å². The summed E-state index contributed by atoms with van der Waals surface area (Å²) in [6.45, 7) is 1.81. The smallest absolute Gasteiger partial charge is 0.243 e. The molecule has 1 amide bonds. The number of carbonyl (C=O) groups excluding carboxylic acids is 1. The quantitative estimate of drug-likeness (QED) is 0.498. The maximum Gasteiger partial charge on any atom is 0.243 e. The minimum absolute atomic E-state index is 0.0825. The van der Waals surface area contributed by atoms with Gasteiger partial charge in [0, 0.05) is 24.2 Å². The average Bonchev–Trinajstić information content (AvgIpc) is 2.80. The van der Waals surface area contributed by atoms with Crippen LogP contribution in [-0.4, -0.2) is 32.8 Å². The van der Waals surface area contributed by atoms with Crippen molar-refractivity contribution in [2.24, 2.45) is 0 Å². The summed E-state index contributed by atoms with van der Waals surface area (Å²) in [5, 5.41) is 3.39. The lowest BCUT2D eigenvalue weighted by molar-refractivity contribution is -0.117. The fourth-order valence-corrected chi connectivity index (χ4v) is 4.87. The fourth-order valence-electron chi connectivity index (χ4n) is 3.33. The lowest BCUT2D eigenvalue weighted by atomic mass is 10.0. The first-order valence-electron chi connectivity index (χ1n) is 9.96. The SMILES string of the molecule is COc1ccc([C@@H](CC(=O)Nc2cccc(Cl)c2C)N(C)S(=O)(=O)c2ccccc2)cc1. The van der Waals surface area contributed by atoms with E-state index in [9.17, 15) is 13.2 Å². The molecular formula is C24H25ClN2O4S. The predicted molar refractivity (Wildman–Crippen MR) is 127 cm³/mol. The van der Waals surface area contributed by atoms with Crippen LogP contribution in [-0.2, 0) is 14.8 Å². The molecule has 0 fully saturated rings. The van der Waals surface area contributed by atoms with E-state index in [0.717, 1.165) is 5.56 Å². The summed E-state index contributed by atoms with van der Waals surface area (Å²) in [4.78, 5) is 13.1.